The maximum absolute atomic E-state index is 12.4. The summed E-state index contributed by atoms with van der Waals surface area (Å²) in [6, 6.07) is 14.2. The number of fused-ring (bicyclic) bond motifs is 1. The predicted molar refractivity (Wildman–Crippen MR) is 132 cm³/mol. The molecule has 0 bridgehead atoms. The predicted octanol–water partition coefficient (Wildman–Crippen LogP) is 2.34. The molecule has 5 rings (SSSR count). The summed E-state index contributed by atoms with van der Waals surface area (Å²) in [6.45, 7) is 3.70. The Morgan fingerprint density at radius 1 is 1.11 bits per heavy atom. The Morgan fingerprint density at radius 2 is 1.91 bits per heavy atom. The molecule has 1 aliphatic rings. The van der Waals surface area contributed by atoms with E-state index in [1.807, 2.05) is 28.8 Å². The summed E-state index contributed by atoms with van der Waals surface area (Å²) >= 11 is 0. The Balaban J connectivity index is 1.35. The van der Waals surface area contributed by atoms with Crippen LogP contribution in [0.4, 0.5) is 22.1 Å². The number of morpholine rings is 1. The van der Waals surface area contributed by atoms with Crippen LogP contribution in [0.15, 0.2) is 54.9 Å². The first-order valence-electron chi connectivity index (χ1n) is 11.3. The van der Waals surface area contributed by atoms with Crippen LogP contribution in [0.5, 0.6) is 0 Å². The second-order valence-corrected chi connectivity index (χ2v) is 8.17. The molecule has 5 N–H and O–H groups in total. The number of hydrogen-bond donors (Lipinski definition) is 4. The number of benzene rings is 1. The molecule has 1 fully saturated rings. The third-order valence-corrected chi connectivity index (χ3v) is 5.81. The van der Waals surface area contributed by atoms with Gasteiger partial charge in [0.25, 0.3) is 0 Å². The fraction of sp³-hybridized carbons (Fsp3) is 0.250. The van der Waals surface area contributed by atoms with Crippen LogP contribution in [0.1, 0.15) is 11.4 Å². The van der Waals surface area contributed by atoms with Crippen LogP contribution < -0.4 is 16.4 Å². The van der Waals surface area contributed by atoms with Crippen molar-refractivity contribution in [1.82, 2.24) is 24.5 Å². The lowest BCUT2D eigenvalue weighted by Crippen LogP contribution is -2.36. The van der Waals surface area contributed by atoms with Crippen LogP contribution in [0.2, 0.25) is 0 Å². The first-order valence-corrected chi connectivity index (χ1v) is 11.3. The zero-order valence-corrected chi connectivity index (χ0v) is 19.0. The lowest BCUT2D eigenvalue weighted by Gasteiger charge is -2.26. The van der Waals surface area contributed by atoms with Crippen LogP contribution in [-0.2, 0) is 17.9 Å². The second-order valence-electron chi connectivity index (χ2n) is 8.17. The van der Waals surface area contributed by atoms with Gasteiger partial charge in [0.05, 0.1) is 31.2 Å². The summed E-state index contributed by atoms with van der Waals surface area (Å²) in [7, 11) is 0. The molecule has 4 aromatic rings. The molecular formula is C24H26N8O3. The van der Waals surface area contributed by atoms with Crippen molar-refractivity contribution in [3.05, 3.63) is 66.2 Å². The van der Waals surface area contributed by atoms with Gasteiger partial charge in [-0.15, -0.1) is 0 Å². The standard InChI is InChI=1S/C24H26N8O3/c25-23-22-20(12-19(32(22)27-15-26-23)13-31-8-10-35-11-9-31)16-4-6-17(7-5-16)29-24(34)30-21-3-1-2-18(14-33)28-21/h1-7,12,15,33H,8-11,13-14H2,(H2,25,26,27)(H2,28,29,30,34). The second kappa shape index (κ2) is 10.1. The van der Waals surface area contributed by atoms with Gasteiger partial charge in [-0.05, 0) is 35.9 Å². The minimum Gasteiger partial charge on any atom is -0.390 e. The number of hydrogen-bond acceptors (Lipinski definition) is 8. The fourth-order valence-corrected chi connectivity index (χ4v) is 4.10. The van der Waals surface area contributed by atoms with Crippen molar-refractivity contribution in [1.29, 1.82) is 0 Å². The number of nitrogens with zero attached hydrogens (tertiary/aromatic N) is 5. The molecule has 0 spiro atoms. The van der Waals surface area contributed by atoms with E-state index in [0.29, 0.717) is 23.0 Å². The number of nitrogens with two attached hydrogens (primary N) is 1. The quantitative estimate of drug-likeness (QED) is 0.333. The molecule has 0 aliphatic carbocycles. The van der Waals surface area contributed by atoms with Gasteiger partial charge >= 0.3 is 6.03 Å². The third-order valence-electron chi connectivity index (χ3n) is 5.81. The molecule has 0 radical (unpaired) electrons. The molecule has 0 atom stereocenters. The normalized spacial score (nSPS) is 14.2. The van der Waals surface area contributed by atoms with E-state index in [2.05, 4.69) is 36.7 Å². The van der Waals surface area contributed by atoms with Crippen LogP contribution >= 0.6 is 0 Å². The van der Waals surface area contributed by atoms with E-state index in [4.69, 9.17) is 10.5 Å². The van der Waals surface area contributed by atoms with Crippen molar-refractivity contribution in [2.45, 2.75) is 13.2 Å². The number of ether oxygens (including phenoxy) is 1. The molecule has 1 aliphatic heterocycles. The van der Waals surface area contributed by atoms with Gasteiger partial charge in [0.15, 0.2) is 5.82 Å². The average molecular weight is 475 g/mol. The molecule has 2 amide bonds. The lowest BCUT2D eigenvalue weighted by molar-refractivity contribution is 0.0334. The fourth-order valence-electron chi connectivity index (χ4n) is 4.10. The molecule has 0 unspecified atom stereocenters. The number of anilines is 3. The lowest BCUT2D eigenvalue weighted by atomic mass is 10.1. The third kappa shape index (κ3) is 5.06. The Kier molecular flexibility index (Phi) is 6.53. The Morgan fingerprint density at radius 3 is 2.69 bits per heavy atom. The number of rotatable bonds is 6. The SMILES string of the molecule is Nc1ncnn2c(CN3CCOCC3)cc(-c3ccc(NC(=O)Nc4cccc(CO)n4)cc3)c12. The van der Waals surface area contributed by atoms with Gasteiger partial charge < -0.3 is 20.9 Å². The Labute approximate surface area is 201 Å². The molecular weight excluding hydrogens is 448 g/mol. The van der Waals surface area contributed by atoms with Gasteiger partial charge in [0, 0.05) is 30.9 Å². The highest BCUT2D eigenvalue weighted by molar-refractivity contribution is 5.99. The summed E-state index contributed by atoms with van der Waals surface area (Å²) in [6.07, 6.45) is 1.46. The van der Waals surface area contributed by atoms with E-state index in [9.17, 15) is 9.90 Å². The highest BCUT2D eigenvalue weighted by Crippen LogP contribution is 2.31. The monoisotopic (exact) mass is 474 g/mol. The van der Waals surface area contributed by atoms with Crippen molar-refractivity contribution in [2.75, 3.05) is 42.7 Å². The van der Waals surface area contributed by atoms with Crippen LogP contribution in [0.25, 0.3) is 16.6 Å². The average Bonchev–Trinajstić information content (AvgIpc) is 3.24. The van der Waals surface area contributed by atoms with Gasteiger partial charge in [-0.2, -0.15) is 5.10 Å². The van der Waals surface area contributed by atoms with Crippen molar-refractivity contribution in [3.63, 3.8) is 0 Å². The Hall–Kier alpha value is -4.06. The largest absolute Gasteiger partial charge is 0.390 e. The van der Waals surface area contributed by atoms with E-state index in [1.165, 1.54) is 6.33 Å². The maximum Gasteiger partial charge on any atom is 0.324 e. The molecule has 11 heteroatoms. The van der Waals surface area contributed by atoms with Crippen molar-refractivity contribution >= 4 is 28.9 Å². The van der Waals surface area contributed by atoms with Crippen molar-refractivity contribution in [3.8, 4) is 11.1 Å². The van der Waals surface area contributed by atoms with E-state index >= 15 is 0 Å². The summed E-state index contributed by atoms with van der Waals surface area (Å²) in [5.74, 6) is 0.761. The highest BCUT2D eigenvalue weighted by Gasteiger charge is 2.18. The minimum absolute atomic E-state index is 0.197. The first-order chi connectivity index (χ1) is 17.1. The number of carbonyl (C=O) groups is 1. The highest BCUT2D eigenvalue weighted by atomic mass is 16.5. The summed E-state index contributed by atoms with van der Waals surface area (Å²) in [4.78, 5) is 23.0. The molecule has 0 saturated carbocycles. The number of aliphatic hydroxyl groups excluding tert-OH is 1. The topological polar surface area (TPSA) is 143 Å². The number of pyridine rings is 1. The number of aromatic nitrogens is 4. The van der Waals surface area contributed by atoms with E-state index in [-0.39, 0.29) is 6.61 Å². The number of aliphatic hydroxyl groups is 1. The summed E-state index contributed by atoms with van der Waals surface area (Å²) in [5.41, 5.74) is 11.0. The Bertz CT molecular complexity index is 1330. The zero-order valence-electron chi connectivity index (χ0n) is 19.0. The zero-order chi connectivity index (χ0) is 24.2. The van der Waals surface area contributed by atoms with Gasteiger partial charge in [-0.3, -0.25) is 10.2 Å². The number of amides is 2. The van der Waals surface area contributed by atoms with E-state index < -0.39 is 6.03 Å². The smallest absolute Gasteiger partial charge is 0.324 e. The molecule has 180 valence electrons. The molecule has 11 nitrogen and oxygen atoms in total. The van der Waals surface area contributed by atoms with Crippen LogP contribution in [0.3, 0.4) is 0 Å². The summed E-state index contributed by atoms with van der Waals surface area (Å²) in [5, 5.41) is 19.1. The van der Waals surface area contributed by atoms with Crippen molar-refractivity contribution < 1.29 is 14.6 Å². The number of nitrogen functional groups attached to an aromatic ring is 1. The van der Waals surface area contributed by atoms with Gasteiger partial charge in [0.1, 0.15) is 17.7 Å². The molecule has 3 aromatic heterocycles. The van der Waals surface area contributed by atoms with Gasteiger partial charge in [-0.25, -0.2) is 19.3 Å². The van der Waals surface area contributed by atoms with E-state index in [1.54, 1.807) is 18.2 Å². The number of urea groups is 1. The molecule has 1 saturated heterocycles. The van der Waals surface area contributed by atoms with E-state index in [0.717, 1.165) is 55.2 Å². The van der Waals surface area contributed by atoms with Gasteiger partial charge in [-0.1, -0.05) is 18.2 Å². The van der Waals surface area contributed by atoms with Crippen LogP contribution in [-0.4, -0.2) is 61.9 Å². The first kappa shape index (κ1) is 22.7. The summed E-state index contributed by atoms with van der Waals surface area (Å²) < 4.78 is 7.31. The minimum atomic E-state index is -0.430. The molecule has 35 heavy (non-hydrogen) atoms. The van der Waals surface area contributed by atoms with Crippen LogP contribution in [0, 0.1) is 0 Å². The molecule has 4 heterocycles. The van der Waals surface area contributed by atoms with Gasteiger partial charge in [0.2, 0.25) is 0 Å². The number of carbonyl (C=O) groups excluding carboxylic acids is 1. The van der Waals surface area contributed by atoms with Crippen molar-refractivity contribution in [2.24, 2.45) is 0 Å². The maximum atomic E-state index is 12.4. The molecule has 1 aromatic carbocycles. The number of nitrogens with one attached hydrogen (secondary N) is 2.